The van der Waals surface area contributed by atoms with Crippen molar-refractivity contribution >= 4 is 5.91 Å². The molecular weight excluding hydrogens is 252 g/mol. The van der Waals surface area contributed by atoms with E-state index in [9.17, 15) is 4.79 Å². The molecule has 1 unspecified atom stereocenters. The largest absolute Gasteiger partial charge is 0.341 e. The van der Waals surface area contributed by atoms with Gasteiger partial charge in [-0.3, -0.25) is 9.69 Å². The number of aromatic nitrogens is 2. The number of imidazole rings is 1. The SMILES string of the molecule is CC(C(=O)N1CCCC1)N(C)CCCc1nccn1C. The number of amides is 1. The van der Waals surface area contributed by atoms with Crippen LogP contribution in [0.1, 0.15) is 32.0 Å². The van der Waals surface area contributed by atoms with E-state index in [4.69, 9.17) is 0 Å². The van der Waals surface area contributed by atoms with E-state index in [2.05, 4.69) is 14.5 Å². The van der Waals surface area contributed by atoms with Crippen molar-refractivity contribution in [1.82, 2.24) is 19.4 Å². The molecule has 1 aliphatic heterocycles. The molecule has 1 aromatic rings. The lowest BCUT2D eigenvalue weighted by Crippen LogP contribution is -2.44. The average Bonchev–Trinajstić information content (AvgIpc) is 3.09. The summed E-state index contributed by atoms with van der Waals surface area (Å²) in [6.07, 6.45) is 8.09. The van der Waals surface area contributed by atoms with Crippen molar-refractivity contribution in [1.29, 1.82) is 0 Å². The van der Waals surface area contributed by atoms with Gasteiger partial charge in [0, 0.05) is 39.0 Å². The number of nitrogens with zero attached hydrogens (tertiary/aromatic N) is 4. The Labute approximate surface area is 121 Å². The van der Waals surface area contributed by atoms with Gasteiger partial charge in [-0.1, -0.05) is 0 Å². The highest BCUT2D eigenvalue weighted by atomic mass is 16.2. The summed E-state index contributed by atoms with van der Waals surface area (Å²) in [6.45, 7) is 4.81. The molecule has 0 spiro atoms. The minimum Gasteiger partial charge on any atom is -0.341 e. The molecule has 2 rings (SSSR count). The quantitative estimate of drug-likeness (QED) is 0.787. The number of rotatable bonds is 6. The fourth-order valence-electron chi connectivity index (χ4n) is 2.71. The molecule has 112 valence electrons. The minimum absolute atomic E-state index is 0.0190. The van der Waals surface area contributed by atoms with Gasteiger partial charge in [-0.2, -0.15) is 0 Å². The predicted molar refractivity (Wildman–Crippen MR) is 79.4 cm³/mol. The number of hydrogen-bond acceptors (Lipinski definition) is 3. The van der Waals surface area contributed by atoms with Gasteiger partial charge in [0.25, 0.3) is 0 Å². The monoisotopic (exact) mass is 278 g/mol. The molecule has 1 aliphatic rings. The first kappa shape index (κ1) is 15.0. The van der Waals surface area contributed by atoms with E-state index < -0.39 is 0 Å². The van der Waals surface area contributed by atoms with E-state index in [1.165, 1.54) is 0 Å². The van der Waals surface area contributed by atoms with Gasteiger partial charge in [0.2, 0.25) is 5.91 Å². The van der Waals surface area contributed by atoms with Crippen molar-refractivity contribution in [3.05, 3.63) is 18.2 Å². The highest BCUT2D eigenvalue weighted by Gasteiger charge is 2.25. The van der Waals surface area contributed by atoms with Crippen LogP contribution in [0.25, 0.3) is 0 Å². The summed E-state index contributed by atoms with van der Waals surface area (Å²) in [5.41, 5.74) is 0. The molecule has 0 radical (unpaired) electrons. The zero-order valence-electron chi connectivity index (χ0n) is 12.9. The average molecular weight is 278 g/mol. The van der Waals surface area contributed by atoms with Gasteiger partial charge in [0.15, 0.2) is 0 Å². The maximum atomic E-state index is 12.3. The molecule has 0 bridgehead atoms. The minimum atomic E-state index is -0.0190. The Bertz CT molecular complexity index is 437. The number of aryl methyl sites for hydroxylation is 2. The van der Waals surface area contributed by atoms with Gasteiger partial charge in [0.05, 0.1) is 6.04 Å². The lowest BCUT2D eigenvalue weighted by atomic mass is 10.2. The standard InChI is InChI=1S/C15H26N4O/c1-13(15(20)19-10-4-5-11-19)17(2)9-6-7-14-16-8-12-18(14)3/h8,12-13H,4-7,9-11H2,1-3H3. The van der Waals surface area contributed by atoms with E-state index in [0.29, 0.717) is 0 Å². The Kier molecular flexibility index (Phi) is 5.17. The van der Waals surface area contributed by atoms with E-state index in [-0.39, 0.29) is 11.9 Å². The van der Waals surface area contributed by atoms with Crippen molar-refractivity contribution in [2.24, 2.45) is 7.05 Å². The molecule has 2 heterocycles. The molecule has 1 saturated heterocycles. The van der Waals surface area contributed by atoms with Crippen LogP contribution < -0.4 is 0 Å². The Morgan fingerprint density at radius 1 is 1.45 bits per heavy atom. The van der Waals surface area contributed by atoms with E-state index in [1.807, 2.05) is 38.3 Å². The topological polar surface area (TPSA) is 41.4 Å². The van der Waals surface area contributed by atoms with E-state index in [0.717, 1.165) is 51.1 Å². The van der Waals surface area contributed by atoms with Crippen molar-refractivity contribution < 1.29 is 4.79 Å². The smallest absolute Gasteiger partial charge is 0.239 e. The second-order valence-electron chi connectivity index (χ2n) is 5.75. The Morgan fingerprint density at radius 2 is 2.15 bits per heavy atom. The molecular formula is C15H26N4O. The van der Waals surface area contributed by atoms with Crippen LogP contribution in [-0.2, 0) is 18.3 Å². The highest BCUT2D eigenvalue weighted by Crippen LogP contribution is 2.11. The maximum absolute atomic E-state index is 12.3. The van der Waals surface area contributed by atoms with Gasteiger partial charge in [0.1, 0.15) is 5.82 Å². The Hall–Kier alpha value is -1.36. The zero-order valence-corrected chi connectivity index (χ0v) is 12.9. The van der Waals surface area contributed by atoms with Crippen molar-refractivity contribution in [2.45, 2.75) is 38.6 Å². The Balaban J connectivity index is 1.74. The number of carbonyl (C=O) groups excluding carboxylic acids is 1. The second-order valence-corrected chi connectivity index (χ2v) is 5.75. The zero-order chi connectivity index (χ0) is 14.5. The number of hydrogen-bond donors (Lipinski definition) is 0. The first-order chi connectivity index (χ1) is 9.59. The summed E-state index contributed by atoms with van der Waals surface area (Å²) in [5, 5.41) is 0. The highest BCUT2D eigenvalue weighted by molar-refractivity contribution is 5.81. The van der Waals surface area contributed by atoms with Gasteiger partial charge >= 0.3 is 0 Å². The molecule has 20 heavy (non-hydrogen) atoms. The van der Waals surface area contributed by atoms with Gasteiger partial charge < -0.3 is 9.47 Å². The molecule has 5 nitrogen and oxygen atoms in total. The summed E-state index contributed by atoms with van der Waals surface area (Å²) in [6, 6.07) is -0.0190. The third kappa shape index (κ3) is 3.60. The van der Waals surface area contributed by atoms with Crippen LogP contribution in [0.15, 0.2) is 12.4 Å². The van der Waals surface area contributed by atoms with Crippen LogP contribution in [0.3, 0.4) is 0 Å². The van der Waals surface area contributed by atoms with Crippen LogP contribution >= 0.6 is 0 Å². The fraction of sp³-hybridized carbons (Fsp3) is 0.733. The van der Waals surface area contributed by atoms with Gasteiger partial charge in [-0.25, -0.2) is 4.98 Å². The van der Waals surface area contributed by atoms with Crippen molar-refractivity contribution in [3.63, 3.8) is 0 Å². The molecule has 0 N–H and O–H groups in total. The molecule has 1 atom stereocenters. The number of carbonyl (C=O) groups is 1. The van der Waals surface area contributed by atoms with Crippen LogP contribution in [0.4, 0.5) is 0 Å². The van der Waals surface area contributed by atoms with Crippen LogP contribution in [-0.4, -0.2) is 58.0 Å². The van der Waals surface area contributed by atoms with Gasteiger partial charge in [-0.15, -0.1) is 0 Å². The first-order valence-corrected chi connectivity index (χ1v) is 7.55. The molecule has 1 amide bonds. The van der Waals surface area contributed by atoms with Crippen LogP contribution in [0, 0.1) is 0 Å². The van der Waals surface area contributed by atoms with Crippen molar-refractivity contribution in [2.75, 3.05) is 26.7 Å². The summed E-state index contributed by atoms with van der Waals surface area (Å²) in [7, 11) is 4.06. The molecule has 1 aromatic heterocycles. The lowest BCUT2D eigenvalue weighted by Gasteiger charge is -2.27. The molecule has 0 saturated carbocycles. The third-order valence-electron chi connectivity index (χ3n) is 4.27. The molecule has 0 aliphatic carbocycles. The number of likely N-dealkylation sites (tertiary alicyclic amines) is 1. The summed E-state index contributed by atoms with van der Waals surface area (Å²) < 4.78 is 2.05. The molecule has 0 aromatic carbocycles. The van der Waals surface area contributed by atoms with Gasteiger partial charge in [-0.05, 0) is 39.8 Å². The van der Waals surface area contributed by atoms with Crippen LogP contribution in [0.2, 0.25) is 0 Å². The number of likely N-dealkylation sites (N-methyl/N-ethyl adjacent to an activating group) is 1. The molecule has 1 fully saturated rings. The third-order valence-corrected chi connectivity index (χ3v) is 4.27. The maximum Gasteiger partial charge on any atom is 0.239 e. The van der Waals surface area contributed by atoms with E-state index >= 15 is 0 Å². The van der Waals surface area contributed by atoms with Crippen molar-refractivity contribution in [3.8, 4) is 0 Å². The van der Waals surface area contributed by atoms with E-state index in [1.54, 1.807) is 0 Å². The summed E-state index contributed by atoms with van der Waals surface area (Å²) in [4.78, 5) is 20.8. The predicted octanol–water partition coefficient (Wildman–Crippen LogP) is 1.30. The summed E-state index contributed by atoms with van der Waals surface area (Å²) >= 11 is 0. The Morgan fingerprint density at radius 3 is 2.75 bits per heavy atom. The van der Waals surface area contributed by atoms with Crippen LogP contribution in [0.5, 0.6) is 0 Å². The lowest BCUT2D eigenvalue weighted by molar-refractivity contribution is -0.134. The first-order valence-electron chi connectivity index (χ1n) is 7.55. The second kappa shape index (κ2) is 6.88. The molecule has 5 heteroatoms. The fourth-order valence-corrected chi connectivity index (χ4v) is 2.71. The summed E-state index contributed by atoms with van der Waals surface area (Å²) in [5.74, 6) is 1.39. The normalized spacial score (nSPS) is 16.9.